The normalized spacial score (nSPS) is 15.2. The Labute approximate surface area is 141 Å². The van der Waals surface area contributed by atoms with Crippen LogP contribution in [0.25, 0.3) is 10.2 Å². The number of nitrogens with zero attached hydrogens (tertiary/aromatic N) is 2. The lowest BCUT2D eigenvalue weighted by Crippen LogP contribution is -2.23. The maximum absolute atomic E-state index is 12.4. The summed E-state index contributed by atoms with van der Waals surface area (Å²) in [6.45, 7) is 1.35. The summed E-state index contributed by atoms with van der Waals surface area (Å²) in [5, 5.41) is 12.3. The van der Waals surface area contributed by atoms with E-state index in [0.717, 1.165) is 6.42 Å². The molecule has 1 aliphatic heterocycles. The third-order valence-corrected chi connectivity index (χ3v) is 4.85. The number of aromatic nitrogens is 2. The van der Waals surface area contributed by atoms with Gasteiger partial charge in [0.1, 0.15) is 4.70 Å². The molecule has 0 fully saturated rings. The number of thiophene rings is 1. The molecule has 24 heavy (non-hydrogen) atoms. The molecule has 1 aromatic carbocycles. The Bertz CT molecular complexity index is 934. The van der Waals surface area contributed by atoms with Crippen LogP contribution in [0.5, 0.6) is 11.5 Å². The highest BCUT2D eigenvalue weighted by Gasteiger charge is 2.16. The van der Waals surface area contributed by atoms with E-state index < -0.39 is 6.10 Å². The van der Waals surface area contributed by atoms with Gasteiger partial charge in [-0.1, -0.05) is 6.07 Å². The van der Waals surface area contributed by atoms with Crippen molar-refractivity contribution in [2.75, 3.05) is 13.2 Å². The summed E-state index contributed by atoms with van der Waals surface area (Å²) in [7, 11) is 0. The number of fused-ring (bicyclic) bond motifs is 2. The van der Waals surface area contributed by atoms with Gasteiger partial charge < -0.3 is 14.6 Å². The predicted molar refractivity (Wildman–Crippen MR) is 90.9 cm³/mol. The third kappa shape index (κ3) is 2.76. The van der Waals surface area contributed by atoms with Crippen molar-refractivity contribution < 1.29 is 14.6 Å². The minimum Gasteiger partial charge on any atom is -0.490 e. The lowest BCUT2D eigenvalue weighted by atomic mass is 10.1. The van der Waals surface area contributed by atoms with Crippen molar-refractivity contribution in [2.45, 2.75) is 19.1 Å². The number of hydrogen-bond acceptors (Lipinski definition) is 6. The molecule has 1 N–H and O–H groups in total. The summed E-state index contributed by atoms with van der Waals surface area (Å²) in [4.78, 5) is 16.7. The van der Waals surface area contributed by atoms with E-state index >= 15 is 0 Å². The molecule has 2 aromatic heterocycles. The lowest BCUT2D eigenvalue weighted by molar-refractivity contribution is 0.154. The molecule has 1 atom stereocenters. The molecule has 1 aliphatic rings. The van der Waals surface area contributed by atoms with Crippen molar-refractivity contribution in [3.05, 3.63) is 51.9 Å². The Hall–Kier alpha value is -2.38. The number of hydrogen-bond donors (Lipinski definition) is 1. The first-order valence-electron chi connectivity index (χ1n) is 7.72. The van der Waals surface area contributed by atoms with E-state index in [4.69, 9.17) is 9.47 Å². The Kier molecular flexibility index (Phi) is 3.95. The minimum absolute atomic E-state index is 0.136. The summed E-state index contributed by atoms with van der Waals surface area (Å²) < 4.78 is 13.3. The van der Waals surface area contributed by atoms with E-state index in [1.807, 2.05) is 11.4 Å². The number of aliphatic hydroxyl groups is 1. The molecule has 0 unspecified atom stereocenters. The smallest absolute Gasteiger partial charge is 0.271 e. The van der Waals surface area contributed by atoms with Crippen LogP contribution in [0.1, 0.15) is 18.1 Å². The van der Waals surface area contributed by atoms with Gasteiger partial charge in [0.25, 0.3) is 5.56 Å². The maximum Gasteiger partial charge on any atom is 0.271 e. The number of aliphatic hydroxyl groups excluding tert-OH is 1. The van der Waals surface area contributed by atoms with E-state index in [1.165, 1.54) is 22.2 Å². The second-order valence-electron chi connectivity index (χ2n) is 5.61. The Morgan fingerprint density at radius 2 is 2.08 bits per heavy atom. The molecular weight excluding hydrogens is 328 g/mol. The molecule has 3 aromatic rings. The molecular formula is C17H16N2O4S. The van der Waals surface area contributed by atoms with Crippen LogP contribution < -0.4 is 15.0 Å². The molecule has 0 amide bonds. The monoisotopic (exact) mass is 344 g/mol. The zero-order chi connectivity index (χ0) is 16.5. The van der Waals surface area contributed by atoms with Crippen LogP contribution in [-0.4, -0.2) is 27.9 Å². The molecule has 3 heterocycles. The molecule has 0 bridgehead atoms. The van der Waals surface area contributed by atoms with Crippen LogP contribution in [-0.2, 0) is 6.54 Å². The fourth-order valence-corrected chi connectivity index (χ4v) is 3.48. The van der Waals surface area contributed by atoms with Gasteiger partial charge in [-0.3, -0.25) is 9.36 Å². The van der Waals surface area contributed by atoms with Gasteiger partial charge in [0, 0.05) is 6.42 Å². The highest BCUT2D eigenvalue weighted by Crippen LogP contribution is 2.32. The number of ether oxygens (including phenoxy) is 2. The topological polar surface area (TPSA) is 73.6 Å². The summed E-state index contributed by atoms with van der Waals surface area (Å²) >= 11 is 1.36. The highest BCUT2D eigenvalue weighted by molar-refractivity contribution is 7.17. The largest absolute Gasteiger partial charge is 0.490 e. The molecule has 0 saturated carbocycles. The van der Waals surface area contributed by atoms with Gasteiger partial charge in [-0.2, -0.15) is 0 Å². The number of rotatable bonds is 3. The molecule has 7 heteroatoms. The van der Waals surface area contributed by atoms with Crippen molar-refractivity contribution >= 4 is 21.6 Å². The van der Waals surface area contributed by atoms with Crippen molar-refractivity contribution in [3.63, 3.8) is 0 Å². The van der Waals surface area contributed by atoms with Crippen molar-refractivity contribution in [1.29, 1.82) is 0 Å². The highest BCUT2D eigenvalue weighted by atomic mass is 32.1. The van der Waals surface area contributed by atoms with Crippen molar-refractivity contribution in [3.8, 4) is 11.5 Å². The van der Waals surface area contributed by atoms with E-state index in [2.05, 4.69) is 4.98 Å². The van der Waals surface area contributed by atoms with E-state index in [0.29, 0.717) is 40.5 Å². The van der Waals surface area contributed by atoms with E-state index in [9.17, 15) is 9.90 Å². The summed E-state index contributed by atoms with van der Waals surface area (Å²) in [6, 6.07) is 7.17. The molecule has 0 saturated heterocycles. The Balaban J connectivity index is 1.61. The third-order valence-electron chi connectivity index (χ3n) is 3.96. The first-order chi connectivity index (χ1) is 11.7. The average Bonchev–Trinajstić information content (AvgIpc) is 2.95. The van der Waals surface area contributed by atoms with Gasteiger partial charge in [-0.25, -0.2) is 4.98 Å². The van der Waals surface area contributed by atoms with Gasteiger partial charge in [0.05, 0.1) is 37.7 Å². The quantitative estimate of drug-likeness (QED) is 0.789. The summed E-state index contributed by atoms with van der Waals surface area (Å²) in [6.07, 6.45) is 1.47. The first-order valence-corrected chi connectivity index (χ1v) is 8.60. The standard InChI is InChI=1S/C17H16N2O4S/c20-13(9-19-10-18-12-4-7-24-16(12)17(19)21)11-2-3-14-15(8-11)23-6-1-5-22-14/h2-4,7-8,10,13,20H,1,5-6,9H2/t13-/m0/s1. The first kappa shape index (κ1) is 15.2. The second kappa shape index (κ2) is 6.26. The Morgan fingerprint density at radius 3 is 2.96 bits per heavy atom. The van der Waals surface area contributed by atoms with Gasteiger partial charge in [0.15, 0.2) is 11.5 Å². The number of benzene rings is 1. The van der Waals surface area contributed by atoms with Crippen molar-refractivity contribution in [2.24, 2.45) is 0 Å². The van der Waals surface area contributed by atoms with Crippen LogP contribution in [0.3, 0.4) is 0 Å². The lowest BCUT2D eigenvalue weighted by Gasteiger charge is -2.15. The van der Waals surface area contributed by atoms with Gasteiger partial charge in [0.2, 0.25) is 0 Å². The molecule has 6 nitrogen and oxygen atoms in total. The Morgan fingerprint density at radius 1 is 1.25 bits per heavy atom. The van der Waals surface area contributed by atoms with Crippen LogP contribution in [0.4, 0.5) is 0 Å². The average molecular weight is 344 g/mol. The van der Waals surface area contributed by atoms with Gasteiger partial charge in [-0.15, -0.1) is 11.3 Å². The van der Waals surface area contributed by atoms with Crippen molar-refractivity contribution in [1.82, 2.24) is 9.55 Å². The molecule has 0 radical (unpaired) electrons. The van der Waals surface area contributed by atoms with Crippen LogP contribution >= 0.6 is 11.3 Å². The van der Waals surface area contributed by atoms with Crippen LogP contribution in [0, 0.1) is 0 Å². The fourth-order valence-electron chi connectivity index (χ4n) is 2.69. The molecule has 124 valence electrons. The van der Waals surface area contributed by atoms with Crippen LogP contribution in [0.2, 0.25) is 0 Å². The zero-order valence-corrected chi connectivity index (χ0v) is 13.7. The van der Waals surface area contributed by atoms with E-state index in [-0.39, 0.29) is 12.1 Å². The zero-order valence-electron chi connectivity index (χ0n) is 12.8. The SMILES string of the molecule is O=c1c2sccc2ncn1C[C@H](O)c1ccc2c(c1)OCCCO2. The fraction of sp³-hybridized carbons (Fsp3) is 0.294. The minimum atomic E-state index is -0.834. The summed E-state index contributed by atoms with van der Waals surface area (Å²) in [5.41, 5.74) is 1.23. The van der Waals surface area contributed by atoms with Gasteiger partial charge in [-0.05, 0) is 29.1 Å². The van der Waals surface area contributed by atoms with Gasteiger partial charge >= 0.3 is 0 Å². The van der Waals surface area contributed by atoms with Crippen LogP contribution in [0.15, 0.2) is 40.8 Å². The second-order valence-corrected chi connectivity index (χ2v) is 6.53. The molecule has 0 aliphatic carbocycles. The summed E-state index contributed by atoms with van der Waals surface area (Å²) in [5.74, 6) is 1.31. The van der Waals surface area contributed by atoms with E-state index in [1.54, 1.807) is 18.2 Å². The molecule has 0 spiro atoms. The molecule has 4 rings (SSSR count). The maximum atomic E-state index is 12.4. The predicted octanol–water partition coefficient (Wildman–Crippen LogP) is 2.35.